The summed E-state index contributed by atoms with van der Waals surface area (Å²) < 4.78 is 13.0. The number of aromatic nitrogens is 2. The van der Waals surface area contributed by atoms with Crippen molar-refractivity contribution in [1.29, 1.82) is 0 Å². The van der Waals surface area contributed by atoms with Crippen LogP contribution in [0.4, 0.5) is 4.39 Å². The normalized spacial score (nSPS) is 10.4. The molecule has 0 aliphatic heterocycles. The number of H-pyrrole nitrogens is 2. The lowest BCUT2D eigenvalue weighted by Gasteiger charge is -2.04. The number of hydrogen-bond donors (Lipinski definition) is 2. The number of hydrogen-bond acceptors (Lipinski definition) is 2. The smallest absolute Gasteiger partial charge is 0.255 e. The lowest BCUT2D eigenvalue weighted by molar-refractivity contribution is 0.628. The minimum Gasteiger partial charge on any atom is -0.332 e. The predicted molar refractivity (Wildman–Crippen MR) is 62.4 cm³/mol. The lowest BCUT2D eigenvalue weighted by Crippen LogP contribution is -2.12. The maximum atomic E-state index is 12.8. The van der Waals surface area contributed by atoms with Crippen LogP contribution in [0.15, 0.2) is 29.1 Å². The van der Waals surface area contributed by atoms with E-state index in [2.05, 4.69) is 9.97 Å². The quantitative estimate of drug-likeness (QED) is 0.747. The molecule has 0 aliphatic rings. The third-order valence-corrected chi connectivity index (χ3v) is 2.52. The Morgan fingerprint density at radius 3 is 2.44 bits per heavy atom. The molecular weight excluding hydrogens is 227 g/mol. The average molecular weight is 236 g/mol. The molecule has 0 spiro atoms. The summed E-state index contributed by atoms with van der Waals surface area (Å²) >= 11 is 4.89. The van der Waals surface area contributed by atoms with E-state index in [4.69, 9.17) is 12.2 Å². The second-order valence-corrected chi connectivity index (χ2v) is 3.82. The fourth-order valence-electron chi connectivity index (χ4n) is 1.45. The highest BCUT2D eigenvalue weighted by atomic mass is 32.1. The van der Waals surface area contributed by atoms with E-state index < -0.39 is 0 Å². The van der Waals surface area contributed by atoms with Crippen LogP contribution in [-0.4, -0.2) is 9.97 Å². The molecule has 0 aliphatic carbocycles. The number of benzene rings is 1. The van der Waals surface area contributed by atoms with Crippen LogP contribution < -0.4 is 5.56 Å². The molecule has 0 unspecified atom stereocenters. The molecule has 1 aromatic heterocycles. The van der Waals surface area contributed by atoms with Gasteiger partial charge in [-0.1, -0.05) is 0 Å². The van der Waals surface area contributed by atoms with Gasteiger partial charge in [0.2, 0.25) is 0 Å². The second-order valence-electron chi connectivity index (χ2n) is 3.42. The van der Waals surface area contributed by atoms with Crippen molar-refractivity contribution < 1.29 is 4.39 Å². The van der Waals surface area contributed by atoms with Gasteiger partial charge in [0.25, 0.3) is 5.56 Å². The Labute approximate surface area is 96.0 Å². The zero-order chi connectivity index (χ0) is 11.7. The molecule has 1 aromatic carbocycles. The van der Waals surface area contributed by atoms with E-state index in [1.165, 1.54) is 12.1 Å². The van der Waals surface area contributed by atoms with E-state index in [-0.39, 0.29) is 16.1 Å². The van der Waals surface area contributed by atoms with Crippen LogP contribution in [0.5, 0.6) is 0 Å². The Kier molecular flexibility index (Phi) is 2.70. The third kappa shape index (κ3) is 1.94. The number of rotatable bonds is 1. The van der Waals surface area contributed by atoms with Crippen LogP contribution in [0.1, 0.15) is 5.56 Å². The monoisotopic (exact) mass is 236 g/mol. The number of halogens is 1. The highest BCUT2D eigenvalue weighted by molar-refractivity contribution is 7.71. The summed E-state index contributed by atoms with van der Waals surface area (Å²) in [4.78, 5) is 16.9. The van der Waals surface area contributed by atoms with Crippen LogP contribution in [0, 0.1) is 17.5 Å². The maximum Gasteiger partial charge on any atom is 0.255 e. The first-order valence-electron chi connectivity index (χ1n) is 4.67. The summed E-state index contributed by atoms with van der Waals surface area (Å²) in [6, 6.07) is 5.88. The molecule has 5 heteroatoms. The summed E-state index contributed by atoms with van der Waals surface area (Å²) in [7, 11) is 0. The van der Waals surface area contributed by atoms with Crippen molar-refractivity contribution in [3.8, 4) is 11.3 Å². The zero-order valence-electron chi connectivity index (χ0n) is 8.50. The Morgan fingerprint density at radius 2 is 1.81 bits per heavy atom. The Balaban J connectivity index is 2.69. The molecule has 3 nitrogen and oxygen atoms in total. The van der Waals surface area contributed by atoms with Crippen molar-refractivity contribution in [2.45, 2.75) is 6.92 Å². The van der Waals surface area contributed by atoms with Crippen LogP contribution in [-0.2, 0) is 0 Å². The molecule has 0 radical (unpaired) electrons. The van der Waals surface area contributed by atoms with Gasteiger partial charge in [-0.15, -0.1) is 0 Å². The van der Waals surface area contributed by atoms with Crippen molar-refractivity contribution in [3.63, 3.8) is 0 Å². The molecule has 2 rings (SSSR count). The van der Waals surface area contributed by atoms with Gasteiger partial charge in [-0.2, -0.15) is 0 Å². The molecular formula is C11H9FN2OS. The molecule has 0 amide bonds. The van der Waals surface area contributed by atoms with Gasteiger partial charge in [0.15, 0.2) is 4.77 Å². The van der Waals surface area contributed by atoms with Gasteiger partial charge < -0.3 is 4.98 Å². The van der Waals surface area contributed by atoms with E-state index in [0.717, 1.165) is 5.56 Å². The first-order chi connectivity index (χ1) is 7.58. The molecule has 2 aromatic rings. The summed E-state index contributed by atoms with van der Waals surface area (Å²) in [5.41, 5.74) is 1.65. The molecule has 1 heterocycles. The van der Waals surface area contributed by atoms with E-state index in [1.54, 1.807) is 19.1 Å². The Hall–Kier alpha value is -1.75. The molecule has 0 fully saturated rings. The van der Waals surface area contributed by atoms with Gasteiger partial charge in [-0.3, -0.25) is 9.78 Å². The first kappa shape index (κ1) is 10.8. The largest absolute Gasteiger partial charge is 0.332 e. The minimum absolute atomic E-state index is 0.233. The summed E-state index contributed by atoms with van der Waals surface area (Å²) in [6.07, 6.45) is 0. The average Bonchev–Trinajstić information content (AvgIpc) is 2.25. The van der Waals surface area contributed by atoms with Crippen molar-refractivity contribution in [3.05, 3.63) is 50.8 Å². The highest BCUT2D eigenvalue weighted by Gasteiger charge is 2.05. The number of nitrogens with one attached hydrogen (secondary N) is 2. The predicted octanol–water partition coefficient (Wildman–Crippen LogP) is 2.55. The molecule has 2 N–H and O–H groups in total. The standard InChI is InChI=1S/C11H9FN2OS/c1-6-9(13-11(16)14-10(6)15)7-2-4-8(12)5-3-7/h2-5H,1H3,(H2,13,14,15,16). The highest BCUT2D eigenvalue weighted by Crippen LogP contribution is 2.18. The SMILES string of the molecule is Cc1c(-c2ccc(F)cc2)[nH]c(=S)[nH]c1=O. The third-order valence-electron chi connectivity index (χ3n) is 2.31. The first-order valence-corrected chi connectivity index (χ1v) is 5.08. The van der Waals surface area contributed by atoms with Gasteiger partial charge in [0, 0.05) is 5.56 Å². The summed E-state index contributed by atoms with van der Waals surface area (Å²) in [5.74, 6) is -0.315. The van der Waals surface area contributed by atoms with E-state index >= 15 is 0 Å². The molecule has 0 atom stereocenters. The van der Waals surface area contributed by atoms with Crippen LogP contribution in [0.2, 0.25) is 0 Å². The van der Waals surface area contributed by atoms with Gasteiger partial charge >= 0.3 is 0 Å². The molecule has 0 bridgehead atoms. The summed E-state index contributed by atoms with van der Waals surface area (Å²) in [5, 5.41) is 0. The van der Waals surface area contributed by atoms with Crippen LogP contribution >= 0.6 is 12.2 Å². The van der Waals surface area contributed by atoms with Gasteiger partial charge in [-0.25, -0.2) is 4.39 Å². The van der Waals surface area contributed by atoms with Crippen LogP contribution in [0.25, 0.3) is 11.3 Å². The van der Waals surface area contributed by atoms with Gasteiger partial charge in [0.05, 0.1) is 5.69 Å². The van der Waals surface area contributed by atoms with Gasteiger partial charge in [0.1, 0.15) is 5.82 Å². The molecule has 0 saturated heterocycles. The lowest BCUT2D eigenvalue weighted by atomic mass is 10.1. The van der Waals surface area contributed by atoms with E-state index in [0.29, 0.717) is 11.3 Å². The molecule has 16 heavy (non-hydrogen) atoms. The fourth-order valence-corrected chi connectivity index (χ4v) is 1.65. The van der Waals surface area contributed by atoms with Crippen molar-refractivity contribution >= 4 is 12.2 Å². The van der Waals surface area contributed by atoms with E-state index in [1.807, 2.05) is 0 Å². The van der Waals surface area contributed by atoms with E-state index in [9.17, 15) is 9.18 Å². The fraction of sp³-hybridized carbons (Fsp3) is 0.0909. The van der Waals surface area contributed by atoms with Crippen molar-refractivity contribution in [2.24, 2.45) is 0 Å². The van der Waals surface area contributed by atoms with Crippen molar-refractivity contribution in [1.82, 2.24) is 9.97 Å². The molecule has 0 saturated carbocycles. The van der Waals surface area contributed by atoms with Crippen molar-refractivity contribution in [2.75, 3.05) is 0 Å². The Bertz CT molecular complexity index is 628. The van der Waals surface area contributed by atoms with Crippen LogP contribution in [0.3, 0.4) is 0 Å². The molecule has 82 valence electrons. The summed E-state index contributed by atoms with van der Waals surface area (Å²) in [6.45, 7) is 1.68. The van der Waals surface area contributed by atoms with Gasteiger partial charge in [-0.05, 0) is 49.0 Å². The Morgan fingerprint density at radius 1 is 1.19 bits per heavy atom. The zero-order valence-corrected chi connectivity index (χ0v) is 9.32. The maximum absolute atomic E-state index is 12.8. The topological polar surface area (TPSA) is 48.6 Å². The number of aromatic amines is 2. The second kappa shape index (κ2) is 4.02. The minimum atomic E-state index is -0.315.